The molecule has 1 atom stereocenters. The van der Waals surface area contributed by atoms with Gasteiger partial charge in [0.2, 0.25) is 0 Å². The van der Waals surface area contributed by atoms with E-state index >= 15 is 0 Å². The van der Waals surface area contributed by atoms with E-state index in [1.165, 1.54) is 6.07 Å². The van der Waals surface area contributed by atoms with Crippen molar-refractivity contribution < 1.29 is 8.78 Å². The fourth-order valence-electron chi connectivity index (χ4n) is 1.34. The largest absolute Gasteiger partial charge is 0.398 e. The summed E-state index contributed by atoms with van der Waals surface area (Å²) in [4.78, 5) is 0. The maximum Gasteiger partial charge on any atom is 0.255 e. The molecule has 1 aromatic carbocycles. The molecular formula is C9H8ClF2N. The minimum Gasteiger partial charge on any atom is -0.398 e. The zero-order chi connectivity index (χ0) is 9.64. The van der Waals surface area contributed by atoms with Crippen molar-refractivity contribution in [2.45, 2.75) is 18.3 Å². The normalized spacial score (nSPS) is 24.4. The molecule has 2 N–H and O–H groups in total. The SMILES string of the molecule is Nc1ccc(C2CC2(F)F)cc1Cl. The van der Waals surface area contributed by atoms with Gasteiger partial charge in [-0.1, -0.05) is 17.7 Å². The van der Waals surface area contributed by atoms with E-state index in [0.29, 0.717) is 16.3 Å². The van der Waals surface area contributed by atoms with Gasteiger partial charge in [0.1, 0.15) is 0 Å². The van der Waals surface area contributed by atoms with Gasteiger partial charge < -0.3 is 5.73 Å². The molecule has 1 unspecified atom stereocenters. The number of alkyl halides is 2. The van der Waals surface area contributed by atoms with Crippen molar-refractivity contribution in [3.05, 3.63) is 28.8 Å². The second-order valence-electron chi connectivity index (χ2n) is 3.30. The molecule has 1 fully saturated rings. The van der Waals surface area contributed by atoms with Gasteiger partial charge in [-0.15, -0.1) is 0 Å². The lowest BCUT2D eigenvalue weighted by molar-refractivity contribution is 0.112. The van der Waals surface area contributed by atoms with Gasteiger partial charge in [-0.05, 0) is 17.7 Å². The van der Waals surface area contributed by atoms with Crippen molar-refractivity contribution in [3.8, 4) is 0 Å². The maximum absolute atomic E-state index is 12.6. The van der Waals surface area contributed by atoms with Crippen LogP contribution in [0.5, 0.6) is 0 Å². The molecule has 1 aromatic rings. The highest BCUT2D eigenvalue weighted by Gasteiger charge is 2.57. The molecule has 4 heteroatoms. The number of nitrogens with two attached hydrogens (primary N) is 1. The Morgan fingerprint density at radius 1 is 1.46 bits per heavy atom. The molecule has 1 aliphatic carbocycles. The first-order chi connectivity index (χ1) is 6.00. The van der Waals surface area contributed by atoms with Crippen LogP contribution in [0.15, 0.2) is 18.2 Å². The third-order valence-corrected chi connectivity index (χ3v) is 2.58. The minimum absolute atomic E-state index is 0.0761. The molecule has 1 aliphatic rings. The smallest absolute Gasteiger partial charge is 0.255 e. The summed E-state index contributed by atoms with van der Waals surface area (Å²) < 4.78 is 25.3. The van der Waals surface area contributed by atoms with Gasteiger partial charge in [0.25, 0.3) is 5.92 Å². The van der Waals surface area contributed by atoms with Crippen molar-refractivity contribution in [1.82, 2.24) is 0 Å². The lowest BCUT2D eigenvalue weighted by Crippen LogP contribution is -1.94. The second kappa shape index (κ2) is 2.58. The standard InChI is InChI=1S/C9H8ClF2N/c10-7-3-5(1-2-8(7)13)6-4-9(6,11)12/h1-3,6H,4,13H2. The van der Waals surface area contributed by atoms with Crippen LogP contribution in [0, 0.1) is 0 Å². The monoisotopic (exact) mass is 203 g/mol. The fraction of sp³-hybridized carbons (Fsp3) is 0.333. The molecule has 0 aliphatic heterocycles. The predicted octanol–water partition coefficient (Wildman–Crippen LogP) is 3.04. The Hall–Kier alpha value is -0.830. The Morgan fingerprint density at radius 2 is 2.08 bits per heavy atom. The lowest BCUT2D eigenvalue weighted by Gasteiger charge is -2.02. The number of anilines is 1. The van der Waals surface area contributed by atoms with Crippen molar-refractivity contribution in [3.63, 3.8) is 0 Å². The van der Waals surface area contributed by atoms with Crippen molar-refractivity contribution >= 4 is 17.3 Å². The number of halogens is 3. The van der Waals surface area contributed by atoms with E-state index in [0.717, 1.165) is 0 Å². The topological polar surface area (TPSA) is 26.0 Å². The van der Waals surface area contributed by atoms with Gasteiger partial charge in [-0.3, -0.25) is 0 Å². The van der Waals surface area contributed by atoms with Crippen LogP contribution in [0.4, 0.5) is 14.5 Å². The summed E-state index contributed by atoms with van der Waals surface area (Å²) in [5.41, 5.74) is 6.46. The summed E-state index contributed by atoms with van der Waals surface area (Å²) in [6, 6.07) is 4.68. The van der Waals surface area contributed by atoms with E-state index < -0.39 is 11.8 Å². The first-order valence-corrected chi connectivity index (χ1v) is 4.31. The van der Waals surface area contributed by atoms with Crippen molar-refractivity contribution in [2.75, 3.05) is 5.73 Å². The van der Waals surface area contributed by atoms with Crippen LogP contribution in [0.2, 0.25) is 5.02 Å². The van der Waals surface area contributed by atoms with E-state index in [4.69, 9.17) is 17.3 Å². The van der Waals surface area contributed by atoms with E-state index in [1.54, 1.807) is 12.1 Å². The summed E-state index contributed by atoms with van der Waals surface area (Å²) in [7, 11) is 0. The molecule has 0 heterocycles. The molecule has 0 bridgehead atoms. The molecule has 70 valence electrons. The average molecular weight is 204 g/mol. The van der Waals surface area contributed by atoms with Crippen LogP contribution < -0.4 is 5.73 Å². The van der Waals surface area contributed by atoms with Gasteiger partial charge >= 0.3 is 0 Å². The first kappa shape index (κ1) is 8.75. The van der Waals surface area contributed by atoms with E-state index in [-0.39, 0.29) is 6.42 Å². The lowest BCUT2D eigenvalue weighted by atomic mass is 10.1. The minimum atomic E-state index is -2.54. The molecule has 0 radical (unpaired) electrons. The maximum atomic E-state index is 12.6. The van der Waals surface area contributed by atoms with Gasteiger partial charge in [0.15, 0.2) is 0 Å². The highest BCUT2D eigenvalue weighted by molar-refractivity contribution is 6.33. The summed E-state index contributed by atoms with van der Waals surface area (Å²) >= 11 is 5.71. The Bertz CT molecular complexity index is 351. The molecule has 1 saturated carbocycles. The first-order valence-electron chi connectivity index (χ1n) is 3.93. The molecule has 2 rings (SSSR count). The van der Waals surface area contributed by atoms with Crippen molar-refractivity contribution in [1.29, 1.82) is 0 Å². The molecule has 13 heavy (non-hydrogen) atoms. The number of rotatable bonds is 1. The summed E-state index contributed by atoms with van der Waals surface area (Å²) in [5.74, 6) is -3.20. The quantitative estimate of drug-likeness (QED) is 0.698. The molecule has 0 aromatic heterocycles. The van der Waals surface area contributed by atoms with Gasteiger partial charge in [-0.25, -0.2) is 8.78 Å². The summed E-state index contributed by atoms with van der Waals surface area (Å²) in [5, 5.41) is 0.347. The highest BCUT2D eigenvalue weighted by Crippen LogP contribution is 2.56. The molecule has 0 spiro atoms. The zero-order valence-electron chi connectivity index (χ0n) is 6.73. The average Bonchev–Trinajstić information content (AvgIpc) is 2.66. The number of hydrogen-bond acceptors (Lipinski definition) is 1. The van der Waals surface area contributed by atoms with Crippen molar-refractivity contribution in [2.24, 2.45) is 0 Å². The third kappa shape index (κ3) is 1.48. The third-order valence-electron chi connectivity index (χ3n) is 2.25. The Morgan fingerprint density at radius 3 is 2.54 bits per heavy atom. The predicted molar refractivity (Wildman–Crippen MR) is 48.2 cm³/mol. The van der Waals surface area contributed by atoms with Crippen LogP contribution >= 0.6 is 11.6 Å². The van der Waals surface area contributed by atoms with E-state index in [1.807, 2.05) is 0 Å². The Balaban J connectivity index is 2.29. The molecule has 0 amide bonds. The second-order valence-corrected chi connectivity index (χ2v) is 3.71. The zero-order valence-corrected chi connectivity index (χ0v) is 7.48. The van der Waals surface area contributed by atoms with Crippen LogP contribution in [0.3, 0.4) is 0 Å². The molecule has 1 nitrogen and oxygen atoms in total. The summed E-state index contributed by atoms with van der Waals surface area (Å²) in [6.45, 7) is 0. The number of hydrogen-bond donors (Lipinski definition) is 1. The van der Waals surface area contributed by atoms with E-state index in [9.17, 15) is 8.78 Å². The van der Waals surface area contributed by atoms with Crippen LogP contribution in [0.25, 0.3) is 0 Å². The van der Waals surface area contributed by atoms with E-state index in [2.05, 4.69) is 0 Å². The van der Waals surface area contributed by atoms with Gasteiger partial charge in [0.05, 0.1) is 16.6 Å². The number of nitrogen functional groups attached to an aromatic ring is 1. The van der Waals surface area contributed by atoms with Crippen LogP contribution in [-0.2, 0) is 0 Å². The fourth-order valence-corrected chi connectivity index (χ4v) is 1.52. The summed E-state index contributed by atoms with van der Waals surface area (Å²) in [6.07, 6.45) is -0.0761. The Kier molecular flexibility index (Phi) is 1.74. The molecular weight excluding hydrogens is 196 g/mol. The molecule has 0 saturated heterocycles. The number of benzene rings is 1. The Labute approximate surface area is 79.5 Å². The van der Waals surface area contributed by atoms with Crippen LogP contribution in [-0.4, -0.2) is 5.92 Å². The highest BCUT2D eigenvalue weighted by atomic mass is 35.5. The van der Waals surface area contributed by atoms with Crippen LogP contribution in [0.1, 0.15) is 17.9 Å². The van der Waals surface area contributed by atoms with Gasteiger partial charge in [0, 0.05) is 6.42 Å². The van der Waals surface area contributed by atoms with Gasteiger partial charge in [-0.2, -0.15) is 0 Å².